The molecule has 3 N–H and O–H groups in total. The lowest BCUT2D eigenvalue weighted by Crippen LogP contribution is -2.56. The minimum atomic E-state index is -1.19. The Morgan fingerprint density at radius 1 is 1.15 bits per heavy atom. The standard InChI is InChI=1S/C14H26N2O4/c1-6-11(17)16(12(9(4)5)14(19)20)13(18)10(15)7-8(2)3/h8-10,12H,6-7,15H2,1-5H3,(H,19,20). The Kier molecular flexibility index (Phi) is 7.42. The molecule has 0 bridgehead atoms. The summed E-state index contributed by atoms with van der Waals surface area (Å²) in [5.41, 5.74) is 5.81. The normalized spacial score (nSPS) is 14.2. The third-order valence-corrected chi connectivity index (χ3v) is 3.01. The fraction of sp³-hybridized carbons (Fsp3) is 0.786. The van der Waals surface area contributed by atoms with Gasteiger partial charge in [0.2, 0.25) is 11.8 Å². The second-order valence-corrected chi connectivity index (χ2v) is 5.72. The fourth-order valence-electron chi connectivity index (χ4n) is 2.07. The number of carboxylic acids is 1. The third-order valence-electron chi connectivity index (χ3n) is 3.01. The number of rotatable bonds is 7. The van der Waals surface area contributed by atoms with Crippen LogP contribution < -0.4 is 5.73 Å². The number of carbonyl (C=O) groups is 3. The number of nitrogens with two attached hydrogens (primary N) is 1. The van der Waals surface area contributed by atoms with E-state index in [1.54, 1.807) is 20.8 Å². The number of hydrogen-bond donors (Lipinski definition) is 2. The molecule has 0 radical (unpaired) electrons. The highest BCUT2D eigenvalue weighted by atomic mass is 16.4. The number of amides is 2. The summed E-state index contributed by atoms with van der Waals surface area (Å²) in [6.07, 6.45) is 0.480. The van der Waals surface area contributed by atoms with Gasteiger partial charge in [-0.05, 0) is 18.3 Å². The summed E-state index contributed by atoms with van der Waals surface area (Å²) < 4.78 is 0. The van der Waals surface area contributed by atoms with Crippen LogP contribution in [0.1, 0.15) is 47.5 Å². The van der Waals surface area contributed by atoms with Crippen molar-refractivity contribution >= 4 is 17.8 Å². The molecule has 0 aromatic carbocycles. The van der Waals surface area contributed by atoms with Gasteiger partial charge in [0.25, 0.3) is 0 Å². The Labute approximate surface area is 120 Å². The largest absolute Gasteiger partial charge is 0.480 e. The van der Waals surface area contributed by atoms with E-state index in [0.717, 1.165) is 4.90 Å². The highest BCUT2D eigenvalue weighted by Gasteiger charge is 2.38. The van der Waals surface area contributed by atoms with E-state index in [4.69, 9.17) is 5.73 Å². The molecule has 6 nitrogen and oxygen atoms in total. The lowest BCUT2D eigenvalue weighted by Gasteiger charge is -2.31. The topological polar surface area (TPSA) is 101 Å². The molecule has 20 heavy (non-hydrogen) atoms. The van der Waals surface area contributed by atoms with Gasteiger partial charge in [0.05, 0.1) is 6.04 Å². The second kappa shape index (κ2) is 7.99. The molecule has 0 spiro atoms. The van der Waals surface area contributed by atoms with Crippen LogP contribution in [0.4, 0.5) is 0 Å². The molecule has 0 aliphatic carbocycles. The van der Waals surface area contributed by atoms with Crippen molar-refractivity contribution in [2.45, 2.75) is 59.5 Å². The van der Waals surface area contributed by atoms with Crippen LogP contribution in [-0.2, 0) is 14.4 Å². The fourth-order valence-corrected chi connectivity index (χ4v) is 2.07. The average molecular weight is 286 g/mol. The van der Waals surface area contributed by atoms with Gasteiger partial charge in [0, 0.05) is 6.42 Å². The van der Waals surface area contributed by atoms with Gasteiger partial charge in [-0.2, -0.15) is 0 Å². The van der Waals surface area contributed by atoms with Crippen molar-refractivity contribution in [1.29, 1.82) is 0 Å². The van der Waals surface area contributed by atoms with Crippen molar-refractivity contribution in [3.05, 3.63) is 0 Å². The van der Waals surface area contributed by atoms with Crippen molar-refractivity contribution in [2.75, 3.05) is 0 Å². The average Bonchev–Trinajstić information content (AvgIpc) is 2.31. The van der Waals surface area contributed by atoms with E-state index in [1.165, 1.54) is 0 Å². The first-order chi connectivity index (χ1) is 9.13. The lowest BCUT2D eigenvalue weighted by molar-refractivity contribution is -0.160. The molecule has 0 saturated carbocycles. The SMILES string of the molecule is CCC(=O)N(C(=O)C(N)CC(C)C)C(C(=O)O)C(C)C. The van der Waals surface area contributed by atoms with Crippen LogP contribution in [-0.4, -0.2) is 39.9 Å². The maximum atomic E-state index is 12.3. The van der Waals surface area contributed by atoms with E-state index in [-0.39, 0.29) is 18.3 Å². The molecule has 0 aromatic rings. The minimum Gasteiger partial charge on any atom is -0.480 e. The number of hydrogen-bond acceptors (Lipinski definition) is 4. The van der Waals surface area contributed by atoms with Gasteiger partial charge in [-0.15, -0.1) is 0 Å². The first-order valence-corrected chi connectivity index (χ1v) is 6.97. The van der Waals surface area contributed by atoms with E-state index >= 15 is 0 Å². The van der Waals surface area contributed by atoms with E-state index < -0.39 is 29.9 Å². The molecule has 0 saturated heterocycles. The quantitative estimate of drug-likeness (QED) is 0.733. The smallest absolute Gasteiger partial charge is 0.327 e. The zero-order chi connectivity index (χ0) is 16.0. The molecule has 0 aromatic heterocycles. The lowest BCUT2D eigenvalue weighted by atomic mass is 9.98. The molecule has 2 unspecified atom stereocenters. The van der Waals surface area contributed by atoms with E-state index in [9.17, 15) is 19.5 Å². The van der Waals surface area contributed by atoms with Gasteiger partial charge in [-0.1, -0.05) is 34.6 Å². The molecule has 2 amide bonds. The maximum absolute atomic E-state index is 12.3. The molecule has 0 rings (SSSR count). The van der Waals surface area contributed by atoms with Crippen LogP contribution >= 0.6 is 0 Å². The van der Waals surface area contributed by atoms with Crippen LogP contribution in [0.3, 0.4) is 0 Å². The summed E-state index contributed by atoms with van der Waals surface area (Å²) in [6, 6.07) is -2.03. The van der Waals surface area contributed by atoms with Crippen molar-refractivity contribution in [3.8, 4) is 0 Å². The van der Waals surface area contributed by atoms with E-state index in [0.29, 0.717) is 6.42 Å². The van der Waals surface area contributed by atoms with Gasteiger partial charge in [-0.25, -0.2) is 4.79 Å². The monoisotopic (exact) mass is 286 g/mol. The Hall–Kier alpha value is -1.43. The number of nitrogens with zero attached hydrogens (tertiary/aromatic N) is 1. The molecule has 0 aliphatic rings. The number of aliphatic carboxylic acids is 1. The molecule has 116 valence electrons. The Morgan fingerprint density at radius 2 is 1.65 bits per heavy atom. The van der Waals surface area contributed by atoms with Crippen molar-refractivity contribution < 1.29 is 19.5 Å². The Bertz CT molecular complexity index is 366. The zero-order valence-electron chi connectivity index (χ0n) is 12.9. The van der Waals surface area contributed by atoms with E-state index in [1.807, 2.05) is 13.8 Å². The molecular formula is C14H26N2O4. The molecule has 2 atom stereocenters. The summed E-state index contributed by atoms with van der Waals surface area (Å²) in [5.74, 6) is -2.48. The first-order valence-electron chi connectivity index (χ1n) is 6.97. The van der Waals surface area contributed by atoms with Gasteiger partial charge in [0.15, 0.2) is 0 Å². The van der Waals surface area contributed by atoms with Crippen molar-refractivity contribution in [3.63, 3.8) is 0 Å². The predicted molar refractivity (Wildman–Crippen MR) is 75.8 cm³/mol. The molecule has 0 aliphatic heterocycles. The van der Waals surface area contributed by atoms with Gasteiger partial charge >= 0.3 is 5.97 Å². The van der Waals surface area contributed by atoms with Crippen LogP contribution in [0.15, 0.2) is 0 Å². The van der Waals surface area contributed by atoms with Crippen molar-refractivity contribution in [2.24, 2.45) is 17.6 Å². The number of carbonyl (C=O) groups excluding carboxylic acids is 2. The van der Waals surface area contributed by atoms with E-state index in [2.05, 4.69) is 0 Å². The third kappa shape index (κ3) is 4.92. The van der Waals surface area contributed by atoms with Gasteiger partial charge in [0.1, 0.15) is 6.04 Å². The Balaban J connectivity index is 5.39. The zero-order valence-corrected chi connectivity index (χ0v) is 12.9. The molecule has 0 heterocycles. The van der Waals surface area contributed by atoms with Crippen LogP contribution in [0.25, 0.3) is 0 Å². The van der Waals surface area contributed by atoms with Gasteiger partial charge in [-0.3, -0.25) is 14.5 Å². The van der Waals surface area contributed by atoms with Crippen LogP contribution in [0.5, 0.6) is 0 Å². The van der Waals surface area contributed by atoms with Crippen molar-refractivity contribution in [1.82, 2.24) is 4.90 Å². The van der Waals surface area contributed by atoms with Crippen LogP contribution in [0.2, 0.25) is 0 Å². The summed E-state index contributed by atoms with van der Waals surface area (Å²) in [7, 11) is 0. The molecule has 0 fully saturated rings. The predicted octanol–water partition coefficient (Wildman–Crippen LogP) is 1.23. The highest BCUT2D eigenvalue weighted by Crippen LogP contribution is 2.16. The maximum Gasteiger partial charge on any atom is 0.327 e. The Morgan fingerprint density at radius 3 is 1.95 bits per heavy atom. The summed E-state index contributed by atoms with van der Waals surface area (Å²) in [5, 5.41) is 9.28. The number of carboxylic acid groups (broad SMARTS) is 1. The van der Waals surface area contributed by atoms with Gasteiger partial charge < -0.3 is 10.8 Å². The minimum absolute atomic E-state index is 0.0661. The molecule has 6 heteroatoms. The summed E-state index contributed by atoms with van der Waals surface area (Å²) in [6.45, 7) is 8.74. The first kappa shape index (κ1) is 18.6. The second-order valence-electron chi connectivity index (χ2n) is 5.72. The number of imide groups is 1. The highest BCUT2D eigenvalue weighted by molar-refractivity contribution is 6.01. The van der Waals surface area contributed by atoms with Crippen LogP contribution in [0, 0.1) is 11.8 Å². The summed E-state index contributed by atoms with van der Waals surface area (Å²) >= 11 is 0. The summed E-state index contributed by atoms with van der Waals surface area (Å²) in [4.78, 5) is 36.5. The molecular weight excluding hydrogens is 260 g/mol.